The zero-order chi connectivity index (χ0) is 12.8. The van der Waals surface area contributed by atoms with E-state index in [9.17, 15) is 0 Å². The quantitative estimate of drug-likeness (QED) is 0.783. The largest absolute Gasteiger partial charge is 0.415 e. The summed E-state index contributed by atoms with van der Waals surface area (Å²) in [7, 11) is 0. The number of hydrogen-bond acceptors (Lipinski definition) is 6. The van der Waals surface area contributed by atoms with Gasteiger partial charge in [0.05, 0.1) is 17.4 Å². The number of rotatable bonds is 5. The van der Waals surface area contributed by atoms with Crippen molar-refractivity contribution in [3.63, 3.8) is 0 Å². The minimum absolute atomic E-state index is 0.571. The Labute approximate surface area is 114 Å². The molecule has 2 rings (SSSR count). The van der Waals surface area contributed by atoms with Crippen LogP contribution in [0.25, 0.3) is 0 Å². The van der Waals surface area contributed by atoms with E-state index in [0.717, 1.165) is 17.1 Å². The monoisotopic (exact) mass is 277 g/mol. The molecule has 0 unspecified atom stereocenters. The van der Waals surface area contributed by atoms with Gasteiger partial charge in [0, 0.05) is 5.75 Å². The molecule has 2 aromatic rings. The predicted octanol–water partition coefficient (Wildman–Crippen LogP) is 3.10. The van der Waals surface area contributed by atoms with Gasteiger partial charge in [-0.1, -0.05) is 23.9 Å². The van der Waals surface area contributed by atoms with Gasteiger partial charge < -0.3 is 4.42 Å². The van der Waals surface area contributed by atoms with Crippen LogP contribution >= 0.6 is 23.5 Å². The van der Waals surface area contributed by atoms with Crippen LogP contribution in [-0.4, -0.2) is 16.5 Å². The van der Waals surface area contributed by atoms with Crippen LogP contribution in [0.1, 0.15) is 17.0 Å². The maximum Gasteiger partial charge on any atom is 0.276 e. The summed E-state index contributed by atoms with van der Waals surface area (Å²) in [6.45, 7) is 0. The molecule has 0 radical (unpaired) electrons. The maximum absolute atomic E-state index is 8.81. The van der Waals surface area contributed by atoms with Gasteiger partial charge in [-0.05, 0) is 24.0 Å². The minimum Gasteiger partial charge on any atom is -0.415 e. The smallest absolute Gasteiger partial charge is 0.276 e. The molecular formula is C12H11N3OS2. The average molecular weight is 277 g/mol. The Hall–Kier alpha value is -1.45. The molecule has 4 nitrogen and oxygen atoms in total. The van der Waals surface area contributed by atoms with E-state index in [1.165, 1.54) is 11.8 Å². The summed E-state index contributed by atoms with van der Waals surface area (Å²) in [5, 5.41) is 17.3. The molecule has 0 bridgehead atoms. The van der Waals surface area contributed by atoms with Gasteiger partial charge in [0.15, 0.2) is 0 Å². The molecule has 92 valence electrons. The molecule has 0 atom stereocenters. The molecule has 1 heterocycles. The van der Waals surface area contributed by atoms with Gasteiger partial charge in [-0.25, -0.2) is 0 Å². The lowest BCUT2D eigenvalue weighted by Crippen LogP contribution is -1.82. The van der Waals surface area contributed by atoms with Crippen molar-refractivity contribution < 1.29 is 4.42 Å². The highest BCUT2D eigenvalue weighted by molar-refractivity contribution is 7.98. The van der Waals surface area contributed by atoms with Crippen LogP contribution in [0.3, 0.4) is 0 Å². The first-order valence-corrected chi connectivity index (χ1v) is 7.63. The summed E-state index contributed by atoms with van der Waals surface area (Å²) in [6, 6.07) is 9.63. The molecule has 0 aliphatic heterocycles. The fourth-order valence-corrected chi connectivity index (χ4v) is 2.44. The van der Waals surface area contributed by atoms with Crippen molar-refractivity contribution >= 4 is 23.5 Å². The van der Waals surface area contributed by atoms with Crippen LogP contribution in [-0.2, 0) is 11.5 Å². The first kappa shape index (κ1) is 13.0. The molecule has 0 N–H and O–H groups in total. The molecule has 6 heteroatoms. The molecule has 0 aliphatic carbocycles. The third-order valence-corrected chi connectivity index (χ3v) is 3.56. The first-order chi connectivity index (χ1) is 8.81. The Bertz CT molecular complexity index is 562. The molecule has 0 aliphatic rings. The summed E-state index contributed by atoms with van der Waals surface area (Å²) >= 11 is 3.13. The third kappa shape index (κ3) is 3.52. The van der Waals surface area contributed by atoms with E-state index in [1.54, 1.807) is 17.8 Å². The van der Waals surface area contributed by atoms with Crippen molar-refractivity contribution in [3.8, 4) is 6.07 Å². The molecule has 0 amide bonds. The van der Waals surface area contributed by atoms with E-state index >= 15 is 0 Å². The van der Waals surface area contributed by atoms with Gasteiger partial charge in [-0.3, -0.25) is 0 Å². The predicted molar refractivity (Wildman–Crippen MR) is 72.2 cm³/mol. The standard InChI is InChI=1S/C12H11N3OS2/c1-17-8-11-14-15-12(16-11)18-7-10-4-2-3-9(5-10)6-13/h2-5H,7-8H2,1H3. The van der Waals surface area contributed by atoms with Crippen LogP contribution < -0.4 is 0 Å². The van der Waals surface area contributed by atoms with E-state index in [4.69, 9.17) is 9.68 Å². The van der Waals surface area contributed by atoms with E-state index in [-0.39, 0.29) is 0 Å². The van der Waals surface area contributed by atoms with Gasteiger partial charge in [0.25, 0.3) is 5.22 Å². The van der Waals surface area contributed by atoms with Crippen molar-refractivity contribution in [1.82, 2.24) is 10.2 Å². The highest BCUT2D eigenvalue weighted by atomic mass is 32.2. The van der Waals surface area contributed by atoms with Crippen LogP contribution in [0.15, 0.2) is 33.9 Å². The molecular weight excluding hydrogens is 266 g/mol. The third-order valence-electron chi connectivity index (χ3n) is 2.13. The van der Waals surface area contributed by atoms with Gasteiger partial charge in [0.1, 0.15) is 0 Å². The van der Waals surface area contributed by atoms with Crippen molar-refractivity contribution in [1.29, 1.82) is 5.26 Å². The number of nitriles is 1. The Morgan fingerprint density at radius 3 is 3.00 bits per heavy atom. The second-order valence-electron chi connectivity index (χ2n) is 3.50. The van der Waals surface area contributed by atoms with Crippen molar-refractivity contribution in [2.45, 2.75) is 16.7 Å². The number of aromatic nitrogens is 2. The summed E-state index contributed by atoms with van der Waals surface area (Å²) in [5.41, 5.74) is 1.74. The second-order valence-corrected chi connectivity index (χ2v) is 5.29. The minimum atomic E-state index is 0.571. The van der Waals surface area contributed by atoms with Gasteiger partial charge in [-0.2, -0.15) is 17.0 Å². The van der Waals surface area contributed by atoms with Crippen molar-refractivity contribution in [2.24, 2.45) is 0 Å². The van der Waals surface area contributed by atoms with Crippen molar-refractivity contribution in [3.05, 3.63) is 41.3 Å². The lowest BCUT2D eigenvalue weighted by molar-refractivity contribution is 0.426. The lowest BCUT2D eigenvalue weighted by Gasteiger charge is -1.98. The Morgan fingerprint density at radius 1 is 1.33 bits per heavy atom. The van der Waals surface area contributed by atoms with E-state index < -0.39 is 0 Å². The lowest BCUT2D eigenvalue weighted by atomic mass is 10.2. The zero-order valence-corrected chi connectivity index (χ0v) is 11.4. The normalized spacial score (nSPS) is 10.2. The number of thioether (sulfide) groups is 2. The first-order valence-electron chi connectivity index (χ1n) is 5.25. The molecule has 1 aromatic carbocycles. The fourth-order valence-electron chi connectivity index (χ4n) is 1.35. The highest BCUT2D eigenvalue weighted by Gasteiger charge is 2.06. The molecule has 1 aromatic heterocycles. The summed E-state index contributed by atoms with van der Waals surface area (Å²) in [5.74, 6) is 2.10. The summed E-state index contributed by atoms with van der Waals surface area (Å²) in [4.78, 5) is 0. The van der Waals surface area contributed by atoms with Gasteiger partial charge >= 0.3 is 0 Å². The van der Waals surface area contributed by atoms with E-state index in [2.05, 4.69) is 16.3 Å². The van der Waals surface area contributed by atoms with Gasteiger partial charge in [0.2, 0.25) is 5.89 Å². The Kier molecular flexibility index (Phi) is 4.67. The number of nitrogens with zero attached hydrogens (tertiary/aromatic N) is 3. The van der Waals surface area contributed by atoms with Gasteiger partial charge in [-0.15, -0.1) is 10.2 Å². The Balaban J connectivity index is 1.96. The second kappa shape index (κ2) is 6.47. The molecule has 18 heavy (non-hydrogen) atoms. The van der Waals surface area contributed by atoms with Crippen LogP contribution in [0.5, 0.6) is 0 Å². The summed E-state index contributed by atoms with van der Waals surface area (Å²) < 4.78 is 5.46. The molecule has 0 fully saturated rings. The topological polar surface area (TPSA) is 62.7 Å². The van der Waals surface area contributed by atoms with Crippen LogP contribution in [0, 0.1) is 11.3 Å². The molecule has 0 saturated carbocycles. The Morgan fingerprint density at radius 2 is 2.22 bits per heavy atom. The van der Waals surface area contributed by atoms with Crippen LogP contribution in [0.2, 0.25) is 0 Å². The maximum atomic E-state index is 8.81. The molecule has 0 spiro atoms. The molecule has 0 saturated heterocycles. The van der Waals surface area contributed by atoms with Crippen LogP contribution in [0.4, 0.5) is 0 Å². The zero-order valence-electron chi connectivity index (χ0n) is 9.79. The van der Waals surface area contributed by atoms with E-state index in [0.29, 0.717) is 16.7 Å². The van der Waals surface area contributed by atoms with Crippen molar-refractivity contribution in [2.75, 3.05) is 6.26 Å². The SMILES string of the molecule is CSCc1nnc(SCc2cccc(C#N)c2)o1. The summed E-state index contributed by atoms with van der Waals surface area (Å²) in [6.07, 6.45) is 1.99. The fraction of sp³-hybridized carbons (Fsp3) is 0.250. The highest BCUT2D eigenvalue weighted by Crippen LogP contribution is 2.22. The number of benzene rings is 1. The average Bonchev–Trinajstić information content (AvgIpc) is 2.85. The van der Waals surface area contributed by atoms with E-state index in [1.807, 2.05) is 24.5 Å². The number of hydrogen-bond donors (Lipinski definition) is 0.